The largest absolute Gasteiger partial charge is 0.444 e. The van der Waals surface area contributed by atoms with E-state index in [9.17, 15) is 9.90 Å². The van der Waals surface area contributed by atoms with E-state index in [4.69, 9.17) is 9.47 Å². The van der Waals surface area contributed by atoms with Gasteiger partial charge < -0.3 is 14.6 Å². The average Bonchev–Trinajstić information content (AvgIpc) is 3.22. The highest BCUT2D eigenvalue weighted by Crippen LogP contribution is 2.33. The summed E-state index contributed by atoms with van der Waals surface area (Å²) in [4.78, 5) is 14.8. The number of thiophene rings is 1. The van der Waals surface area contributed by atoms with Crippen LogP contribution < -0.4 is 0 Å². The molecule has 22 heavy (non-hydrogen) atoms. The Morgan fingerprint density at radius 2 is 2.14 bits per heavy atom. The number of amides is 1. The van der Waals surface area contributed by atoms with Crippen molar-refractivity contribution in [2.45, 2.75) is 18.9 Å². The van der Waals surface area contributed by atoms with Gasteiger partial charge in [-0.2, -0.15) is 0 Å². The van der Waals surface area contributed by atoms with E-state index < -0.39 is 12.3 Å². The molecule has 1 amide bonds. The summed E-state index contributed by atoms with van der Waals surface area (Å²) in [7, 11) is 0. The van der Waals surface area contributed by atoms with E-state index in [0.717, 1.165) is 10.4 Å². The molecule has 3 rings (SSSR count). The van der Waals surface area contributed by atoms with E-state index in [2.05, 4.69) is 0 Å². The van der Waals surface area contributed by atoms with Gasteiger partial charge in [-0.05, 0) is 17.0 Å². The number of carbonyl (C=O) groups is 1. The Kier molecular flexibility index (Phi) is 4.72. The minimum Gasteiger partial charge on any atom is -0.444 e. The lowest BCUT2D eigenvalue weighted by Crippen LogP contribution is -2.40. The number of ether oxygens (including phenoxy) is 2. The summed E-state index contributed by atoms with van der Waals surface area (Å²) < 4.78 is 11.0. The summed E-state index contributed by atoms with van der Waals surface area (Å²) in [5, 5.41) is 11.4. The fraction of sp³-hybridized carbons (Fsp3) is 0.312. The number of benzene rings is 1. The Morgan fingerprint density at radius 3 is 2.82 bits per heavy atom. The van der Waals surface area contributed by atoms with Crippen LogP contribution in [0.15, 0.2) is 47.8 Å². The zero-order chi connectivity index (χ0) is 15.4. The molecule has 0 spiro atoms. The molecule has 1 aromatic carbocycles. The van der Waals surface area contributed by atoms with Crippen LogP contribution in [0.25, 0.3) is 0 Å². The van der Waals surface area contributed by atoms with Crippen molar-refractivity contribution in [1.82, 2.24) is 4.90 Å². The first-order chi connectivity index (χ1) is 10.8. The molecule has 2 heterocycles. The van der Waals surface area contributed by atoms with Gasteiger partial charge in [0.1, 0.15) is 6.61 Å². The summed E-state index contributed by atoms with van der Waals surface area (Å²) in [6.07, 6.45) is -0.959. The van der Waals surface area contributed by atoms with E-state index in [0.29, 0.717) is 6.61 Å². The Balaban J connectivity index is 1.70. The van der Waals surface area contributed by atoms with Crippen molar-refractivity contribution in [3.63, 3.8) is 0 Å². The van der Waals surface area contributed by atoms with Crippen LogP contribution in [0.5, 0.6) is 0 Å². The van der Waals surface area contributed by atoms with E-state index in [1.165, 1.54) is 16.2 Å². The van der Waals surface area contributed by atoms with Crippen molar-refractivity contribution in [2.75, 3.05) is 13.2 Å². The molecule has 2 aromatic rings. The molecule has 0 saturated carbocycles. The van der Waals surface area contributed by atoms with Gasteiger partial charge in [0.05, 0.1) is 24.1 Å². The monoisotopic (exact) mass is 319 g/mol. The van der Waals surface area contributed by atoms with Gasteiger partial charge in [0.15, 0.2) is 6.23 Å². The lowest BCUT2D eigenvalue weighted by molar-refractivity contribution is 0.0166. The number of rotatable bonds is 4. The third kappa shape index (κ3) is 3.14. The van der Waals surface area contributed by atoms with Gasteiger partial charge in [-0.15, -0.1) is 11.3 Å². The van der Waals surface area contributed by atoms with Gasteiger partial charge >= 0.3 is 6.09 Å². The molecule has 0 bridgehead atoms. The molecule has 1 aliphatic heterocycles. The molecule has 116 valence electrons. The predicted molar refractivity (Wildman–Crippen MR) is 82.4 cm³/mol. The average molecular weight is 319 g/mol. The second-order valence-corrected chi connectivity index (χ2v) is 5.96. The number of aliphatic hydroxyl groups is 1. The molecule has 5 nitrogen and oxygen atoms in total. The van der Waals surface area contributed by atoms with Gasteiger partial charge in [0.25, 0.3) is 0 Å². The minimum absolute atomic E-state index is 0.150. The molecule has 1 aliphatic rings. The quantitative estimate of drug-likeness (QED) is 0.941. The van der Waals surface area contributed by atoms with Crippen molar-refractivity contribution in [2.24, 2.45) is 0 Å². The molecule has 0 aliphatic carbocycles. The molecule has 6 heteroatoms. The summed E-state index contributed by atoms with van der Waals surface area (Å²) in [5.74, 6) is 0. The second-order valence-electron chi connectivity index (χ2n) is 4.98. The Labute approximate surface area is 132 Å². The molecule has 0 radical (unpaired) electrons. The highest BCUT2D eigenvalue weighted by Gasteiger charge is 2.40. The summed E-state index contributed by atoms with van der Waals surface area (Å²) in [5.41, 5.74) is 0.921. The summed E-state index contributed by atoms with van der Waals surface area (Å²) >= 11 is 1.51. The molecular weight excluding hydrogens is 302 g/mol. The molecule has 2 atom stereocenters. The van der Waals surface area contributed by atoms with Crippen LogP contribution in [0.3, 0.4) is 0 Å². The van der Waals surface area contributed by atoms with Crippen LogP contribution >= 0.6 is 11.3 Å². The first-order valence-electron chi connectivity index (χ1n) is 7.04. The summed E-state index contributed by atoms with van der Waals surface area (Å²) in [6.45, 7) is 0.354. The number of hydrogen-bond donors (Lipinski definition) is 1. The number of hydrogen-bond acceptors (Lipinski definition) is 5. The van der Waals surface area contributed by atoms with E-state index in [1.807, 2.05) is 47.8 Å². The molecule has 1 saturated heterocycles. The molecule has 0 unspecified atom stereocenters. The Hall–Kier alpha value is -1.89. The van der Waals surface area contributed by atoms with Gasteiger partial charge in [-0.3, -0.25) is 4.90 Å². The maximum Gasteiger partial charge on any atom is 0.412 e. The van der Waals surface area contributed by atoms with Crippen molar-refractivity contribution in [1.29, 1.82) is 0 Å². The molecule has 1 fully saturated rings. The van der Waals surface area contributed by atoms with Gasteiger partial charge in [0, 0.05) is 0 Å². The summed E-state index contributed by atoms with van der Waals surface area (Å²) in [6, 6.07) is 12.9. The first kappa shape index (κ1) is 15.0. The van der Waals surface area contributed by atoms with Gasteiger partial charge in [-0.25, -0.2) is 4.79 Å². The number of nitrogens with zero attached hydrogens (tertiary/aromatic N) is 1. The SMILES string of the molecule is O=C(OCc1ccccc1)N1[C@@H](CO)CO[C@@H]1c1cccs1. The number of aliphatic hydroxyl groups excluding tert-OH is 1. The van der Waals surface area contributed by atoms with E-state index in [-0.39, 0.29) is 19.3 Å². The normalized spacial score (nSPS) is 21.0. The highest BCUT2D eigenvalue weighted by atomic mass is 32.1. The fourth-order valence-electron chi connectivity index (χ4n) is 2.38. The third-order valence-electron chi connectivity index (χ3n) is 3.51. The smallest absolute Gasteiger partial charge is 0.412 e. The van der Waals surface area contributed by atoms with Crippen LogP contribution in [0.4, 0.5) is 4.79 Å². The Bertz CT molecular complexity index is 602. The first-order valence-corrected chi connectivity index (χ1v) is 7.92. The molecule has 1 aromatic heterocycles. The zero-order valence-electron chi connectivity index (χ0n) is 11.9. The van der Waals surface area contributed by atoms with Crippen LogP contribution in [0.1, 0.15) is 16.7 Å². The number of carbonyl (C=O) groups excluding carboxylic acids is 1. The van der Waals surface area contributed by atoms with E-state index >= 15 is 0 Å². The Morgan fingerprint density at radius 1 is 1.32 bits per heavy atom. The van der Waals surface area contributed by atoms with Crippen LogP contribution in [-0.4, -0.2) is 35.4 Å². The van der Waals surface area contributed by atoms with Crippen molar-refractivity contribution >= 4 is 17.4 Å². The molecular formula is C16H17NO4S. The van der Waals surface area contributed by atoms with Gasteiger partial charge in [0.2, 0.25) is 0 Å². The maximum atomic E-state index is 12.4. The van der Waals surface area contributed by atoms with Crippen LogP contribution in [-0.2, 0) is 16.1 Å². The molecule has 1 N–H and O–H groups in total. The maximum absolute atomic E-state index is 12.4. The predicted octanol–water partition coefficient (Wildman–Crippen LogP) is 2.78. The standard InChI is InChI=1S/C16H17NO4S/c18-9-13-11-20-15(14-7-4-8-22-14)17(13)16(19)21-10-12-5-2-1-3-6-12/h1-8,13,15,18H,9-11H2/t13-,15+/m0/s1. The lowest BCUT2D eigenvalue weighted by atomic mass is 10.2. The fourth-order valence-corrected chi connectivity index (χ4v) is 3.15. The van der Waals surface area contributed by atoms with Crippen LogP contribution in [0.2, 0.25) is 0 Å². The van der Waals surface area contributed by atoms with Crippen molar-refractivity contribution in [3.8, 4) is 0 Å². The lowest BCUT2D eigenvalue weighted by Gasteiger charge is -2.25. The van der Waals surface area contributed by atoms with Crippen LogP contribution in [0, 0.1) is 0 Å². The topological polar surface area (TPSA) is 59.0 Å². The van der Waals surface area contributed by atoms with E-state index in [1.54, 1.807) is 0 Å². The highest BCUT2D eigenvalue weighted by molar-refractivity contribution is 7.10. The van der Waals surface area contributed by atoms with Crippen molar-refractivity contribution < 1.29 is 19.4 Å². The third-order valence-corrected chi connectivity index (χ3v) is 4.41. The van der Waals surface area contributed by atoms with Gasteiger partial charge in [-0.1, -0.05) is 36.4 Å². The zero-order valence-corrected chi connectivity index (χ0v) is 12.7. The second kappa shape index (κ2) is 6.91. The minimum atomic E-state index is -0.486. The van der Waals surface area contributed by atoms with Crippen molar-refractivity contribution in [3.05, 3.63) is 58.3 Å².